The molecule has 0 unspecified atom stereocenters. The number of pyridine rings is 1. The van der Waals surface area contributed by atoms with E-state index in [1.807, 2.05) is 18.2 Å². The summed E-state index contributed by atoms with van der Waals surface area (Å²) in [6.45, 7) is 0.991. The van der Waals surface area contributed by atoms with Crippen LogP contribution >= 0.6 is 0 Å². The summed E-state index contributed by atoms with van der Waals surface area (Å²) >= 11 is 0. The van der Waals surface area contributed by atoms with Crippen LogP contribution in [-0.4, -0.2) is 43.4 Å². The summed E-state index contributed by atoms with van der Waals surface area (Å²) in [6, 6.07) is 9.09. The van der Waals surface area contributed by atoms with Crippen LogP contribution in [0.5, 0.6) is 17.4 Å². The van der Waals surface area contributed by atoms with E-state index in [0.717, 1.165) is 24.8 Å². The molecule has 2 heterocycles. The minimum Gasteiger partial charge on any atom is -0.486 e. The highest BCUT2D eigenvalue weighted by atomic mass is 16.6. The number of ether oxygens (including phenoxy) is 3. The van der Waals surface area contributed by atoms with E-state index in [1.54, 1.807) is 12.1 Å². The maximum atomic E-state index is 12.4. The molecule has 1 fully saturated rings. The fourth-order valence-corrected chi connectivity index (χ4v) is 3.60. The van der Waals surface area contributed by atoms with Gasteiger partial charge in [-0.25, -0.2) is 9.78 Å². The highest BCUT2D eigenvalue weighted by Crippen LogP contribution is 2.40. The first kappa shape index (κ1) is 18.4. The summed E-state index contributed by atoms with van der Waals surface area (Å²) in [5.41, 5.74) is 7.90. The highest BCUT2D eigenvalue weighted by molar-refractivity contribution is 5.90. The first-order valence-electron chi connectivity index (χ1n) is 9.40. The summed E-state index contributed by atoms with van der Waals surface area (Å²) in [7, 11) is 1.54. The third kappa shape index (κ3) is 3.96. The molecule has 4 N–H and O–H groups in total. The molecule has 28 heavy (non-hydrogen) atoms. The quantitative estimate of drug-likeness (QED) is 0.748. The highest BCUT2D eigenvalue weighted by Gasteiger charge is 2.23. The molecule has 148 valence electrons. The van der Waals surface area contributed by atoms with Crippen LogP contribution < -0.4 is 30.6 Å². The second-order valence-corrected chi connectivity index (χ2v) is 6.98. The fourth-order valence-electron chi connectivity index (χ4n) is 3.60. The maximum absolute atomic E-state index is 12.4. The number of nitrogens with one attached hydrogen (secondary N) is 2. The van der Waals surface area contributed by atoms with Crippen molar-refractivity contribution in [1.82, 2.24) is 10.3 Å². The molecule has 0 saturated heterocycles. The number of hydrogen-bond acceptors (Lipinski definition) is 6. The fraction of sp³-hybridized carbons (Fsp3) is 0.400. The number of amides is 2. The summed E-state index contributed by atoms with van der Waals surface area (Å²) in [4.78, 5) is 16.9. The molecule has 2 amide bonds. The van der Waals surface area contributed by atoms with Gasteiger partial charge in [-0.05, 0) is 37.5 Å². The van der Waals surface area contributed by atoms with E-state index in [4.69, 9.17) is 19.9 Å². The van der Waals surface area contributed by atoms with Crippen LogP contribution in [0.15, 0.2) is 30.3 Å². The monoisotopic (exact) mass is 384 g/mol. The van der Waals surface area contributed by atoms with Gasteiger partial charge in [0.1, 0.15) is 13.2 Å². The Morgan fingerprint density at radius 1 is 1.25 bits per heavy atom. The van der Waals surface area contributed by atoms with Gasteiger partial charge >= 0.3 is 6.03 Å². The van der Waals surface area contributed by atoms with Gasteiger partial charge in [0.2, 0.25) is 5.88 Å². The van der Waals surface area contributed by atoms with Crippen LogP contribution in [0.1, 0.15) is 19.3 Å². The van der Waals surface area contributed by atoms with Crippen molar-refractivity contribution < 1.29 is 19.0 Å². The number of anilines is 1. The third-order valence-electron chi connectivity index (χ3n) is 4.92. The second-order valence-electron chi connectivity index (χ2n) is 6.98. The lowest BCUT2D eigenvalue weighted by Crippen LogP contribution is -2.37. The average molecular weight is 384 g/mol. The van der Waals surface area contributed by atoms with Crippen molar-refractivity contribution in [3.63, 3.8) is 0 Å². The number of carbonyl (C=O) groups is 1. The average Bonchev–Trinajstić information content (AvgIpc) is 3.11. The van der Waals surface area contributed by atoms with Crippen molar-refractivity contribution in [3.8, 4) is 28.6 Å². The molecule has 1 aromatic heterocycles. The number of urea groups is 1. The summed E-state index contributed by atoms with van der Waals surface area (Å²) in [6.07, 6.45) is 2.62. The van der Waals surface area contributed by atoms with Gasteiger partial charge in [-0.1, -0.05) is 6.07 Å². The summed E-state index contributed by atoms with van der Waals surface area (Å²) < 4.78 is 16.7. The van der Waals surface area contributed by atoms with Gasteiger partial charge in [-0.2, -0.15) is 0 Å². The molecule has 8 heteroatoms. The number of para-hydroxylation sites is 1. The molecule has 0 spiro atoms. The Morgan fingerprint density at radius 3 is 2.89 bits per heavy atom. The van der Waals surface area contributed by atoms with Gasteiger partial charge in [0.15, 0.2) is 11.5 Å². The number of methoxy groups -OCH3 is 1. The lowest BCUT2D eigenvalue weighted by molar-refractivity contribution is 0.172. The minimum atomic E-state index is -0.270. The number of benzene rings is 1. The number of nitrogens with two attached hydrogens (primary N) is 1. The van der Waals surface area contributed by atoms with Crippen molar-refractivity contribution in [2.75, 3.05) is 25.6 Å². The molecular formula is C20H24N4O4. The van der Waals surface area contributed by atoms with Gasteiger partial charge < -0.3 is 30.6 Å². The summed E-state index contributed by atoms with van der Waals surface area (Å²) in [5, 5.41) is 5.83. The second kappa shape index (κ2) is 7.93. The van der Waals surface area contributed by atoms with Crippen LogP contribution in [0.4, 0.5) is 10.5 Å². The first-order valence-corrected chi connectivity index (χ1v) is 9.40. The molecule has 8 nitrogen and oxygen atoms in total. The van der Waals surface area contributed by atoms with Crippen molar-refractivity contribution in [2.24, 2.45) is 5.73 Å². The number of fused-ring (bicyclic) bond motifs is 1. The van der Waals surface area contributed by atoms with Crippen molar-refractivity contribution in [2.45, 2.75) is 31.3 Å². The van der Waals surface area contributed by atoms with E-state index in [1.165, 1.54) is 7.11 Å². The van der Waals surface area contributed by atoms with Crippen LogP contribution in [0, 0.1) is 0 Å². The molecule has 1 aromatic carbocycles. The van der Waals surface area contributed by atoms with E-state index in [2.05, 4.69) is 15.6 Å². The zero-order chi connectivity index (χ0) is 19.5. The zero-order valence-electron chi connectivity index (χ0n) is 15.7. The standard InChI is InChI=1S/C20H24N4O4/c1-26-18-11-14(23-20(25)22-13-6-5-12(21)9-13)10-16(24-18)15-3-2-4-17-19(15)28-8-7-27-17/h2-4,10-13H,5-9,21H2,1H3,(H2,22,23,24,25)/t12-,13+/m0/s1. The van der Waals surface area contributed by atoms with Crippen LogP contribution in [-0.2, 0) is 0 Å². The SMILES string of the molecule is COc1cc(NC(=O)N[C@@H]2CC[C@H](N)C2)cc(-c2cccc3c2OCCO3)n1. The number of hydrogen-bond donors (Lipinski definition) is 3. The number of rotatable bonds is 4. The third-order valence-corrected chi connectivity index (χ3v) is 4.92. The summed E-state index contributed by atoms with van der Waals surface area (Å²) in [5.74, 6) is 1.72. The van der Waals surface area contributed by atoms with Crippen molar-refractivity contribution in [3.05, 3.63) is 30.3 Å². The normalized spacial score (nSPS) is 20.5. The van der Waals surface area contributed by atoms with E-state index in [9.17, 15) is 4.79 Å². The molecule has 1 aliphatic heterocycles. The van der Waals surface area contributed by atoms with Gasteiger partial charge in [0, 0.05) is 29.4 Å². The van der Waals surface area contributed by atoms with E-state index in [-0.39, 0.29) is 18.1 Å². The Morgan fingerprint density at radius 2 is 2.11 bits per heavy atom. The molecular weight excluding hydrogens is 360 g/mol. The lowest BCUT2D eigenvalue weighted by atomic mass is 10.1. The molecule has 1 aliphatic carbocycles. The molecule has 2 aliphatic rings. The number of aromatic nitrogens is 1. The predicted molar refractivity (Wildman–Crippen MR) is 105 cm³/mol. The maximum Gasteiger partial charge on any atom is 0.319 e. The number of nitrogens with zero attached hydrogens (tertiary/aromatic N) is 1. The first-order chi connectivity index (χ1) is 13.6. The Bertz CT molecular complexity index is 873. The van der Waals surface area contributed by atoms with Gasteiger partial charge in [0.05, 0.1) is 12.8 Å². The Kier molecular flexibility index (Phi) is 5.21. The molecule has 1 saturated carbocycles. The minimum absolute atomic E-state index is 0.102. The van der Waals surface area contributed by atoms with Gasteiger partial charge in [0.25, 0.3) is 0 Å². The molecule has 4 rings (SSSR count). The predicted octanol–water partition coefficient (Wildman–Crippen LogP) is 2.53. The smallest absolute Gasteiger partial charge is 0.319 e. The van der Waals surface area contributed by atoms with Crippen LogP contribution in [0.25, 0.3) is 11.3 Å². The molecule has 0 bridgehead atoms. The zero-order valence-corrected chi connectivity index (χ0v) is 15.7. The van der Waals surface area contributed by atoms with E-state index in [0.29, 0.717) is 42.0 Å². The van der Waals surface area contributed by atoms with Crippen LogP contribution in [0.2, 0.25) is 0 Å². The lowest BCUT2D eigenvalue weighted by Gasteiger charge is -2.21. The van der Waals surface area contributed by atoms with E-state index >= 15 is 0 Å². The van der Waals surface area contributed by atoms with Gasteiger partial charge in [-0.15, -0.1) is 0 Å². The van der Waals surface area contributed by atoms with Crippen LogP contribution in [0.3, 0.4) is 0 Å². The molecule has 0 radical (unpaired) electrons. The molecule has 2 aromatic rings. The van der Waals surface area contributed by atoms with E-state index < -0.39 is 0 Å². The Balaban J connectivity index is 1.57. The molecule has 2 atom stereocenters. The van der Waals surface area contributed by atoms with Crippen molar-refractivity contribution in [1.29, 1.82) is 0 Å². The number of carbonyl (C=O) groups excluding carboxylic acids is 1. The topological polar surface area (TPSA) is 108 Å². The van der Waals surface area contributed by atoms with Crippen molar-refractivity contribution >= 4 is 11.7 Å². The Hall–Kier alpha value is -3.00. The van der Waals surface area contributed by atoms with Gasteiger partial charge in [-0.3, -0.25) is 0 Å². The largest absolute Gasteiger partial charge is 0.486 e. The Labute approximate surface area is 163 Å².